The SMILES string of the molecule is COc1ccc(CN2C(=O)CCC(n3c(=O)n(C)c4cc(CN5C[C@@H](C)N(CC6CCNCC6)[C@@H](C)C5)ccc43)C2=O)cc1. The van der Waals surface area contributed by atoms with E-state index in [-0.39, 0.29) is 30.5 Å². The number of piperidine rings is 2. The van der Waals surface area contributed by atoms with Crippen molar-refractivity contribution in [3.8, 4) is 5.75 Å². The van der Waals surface area contributed by atoms with Crippen molar-refractivity contribution in [2.45, 2.75) is 70.7 Å². The lowest BCUT2D eigenvalue weighted by molar-refractivity contribution is -0.151. The molecular weight excluding hydrogens is 556 g/mol. The van der Waals surface area contributed by atoms with E-state index < -0.39 is 6.04 Å². The molecule has 0 spiro atoms. The fourth-order valence-corrected chi connectivity index (χ4v) is 7.52. The van der Waals surface area contributed by atoms with Crippen molar-refractivity contribution < 1.29 is 14.3 Å². The summed E-state index contributed by atoms with van der Waals surface area (Å²) < 4.78 is 8.46. The molecule has 0 radical (unpaired) electrons. The van der Waals surface area contributed by atoms with Crippen LogP contribution in [0.3, 0.4) is 0 Å². The van der Waals surface area contributed by atoms with Gasteiger partial charge in [-0.25, -0.2) is 4.79 Å². The van der Waals surface area contributed by atoms with E-state index in [0.29, 0.717) is 24.3 Å². The minimum Gasteiger partial charge on any atom is -0.497 e. The van der Waals surface area contributed by atoms with Gasteiger partial charge < -0.3 is 10.1 Å². The van der Waals surface area contributed by atoms with Crippen LogP contribution in [-0.4, -0.2) is 87.6 Å². The number of aromatic nitrogens is 2. The predicted octanol–water partition coefficient (Wildman–Crippen LogP) is 3.13. The molecule has 1 N–H and O–H groups in total. The van der Waals surface area contributed by atoms with Crippen molar-refractivity contribution in [1.29, 1.82) is 0 Å². The standard InChI is InChI=1S/C34H46N6O4/c1-23-18-37(19-24(2)38(23)21-26-13-15-35-16-14-26)20-27-7-10-29-31(17-27)36(3)34(43)40(29)30-11-12-32(41)39(33(30)42)22-25-5-8-28(44-4)9-6-25/h5-10,17,23-24,26,30,35H,11-16,18-22H2,1-4H3/t23-,24+,30?. The van der Waals surface area contributed by atoms with Crippen LogP contribution in [0, 0.1) is 5.92 Å². The Kier molecular flexibility index (Phi) is 8.94. The number of nitrogens with one attached hydrogen (secondary N) is 1. The molecule has 6 rings (SSSR count). The Morgan fingerprint density at radius 2 is 1.55 bits per heavy atom. The summed E-state index contributed by atoms with van der Waals surface area (Å²) in [7, 11) is 3.36. The van der Waals surface area contributed by atoms with Crippen LogP contribution in [0.25, 0.3) is 11.0 Å². The van der Waals surface area contributed by atoms with Gasteiger partial charge in [0.2, 0.25) is 5.91 Å². The number of hydrogen-bond donors (Lipinski definition) is 1. The number of methoxy groups -OCH3 is 1. The third kappa shape index (κ3) is 6.07. The number of rotatable bonds is 8. The highest BCUT2D eigenvalue weighted by Gasteiger charge is 2.37. The van der Waals surface area contributed by atoms with Crippen molar-refractivity contribution in [1.82, 2.24) is 29.2 Å². The normalized spacial score (nSPS) is 24.4. The van der Waals surface area contributed by atoms with Crippen LogP contribution in [0.5, 0.6) is 5.75 Å². The van der Waals surface area contributed by atoms with E-state index in [1.54, 1.807) is 23.3 Å². The zero-order chi connectivity index (χ0) is 31.0. The van der Waals surface area contributed by atoms with Crippen LogP contribution in [0.4, 0.5) is 0 Å². The van der Waals surface area contributed by atoms with Gasteiger partial charge in [0, 0.05) is 51.7 Å². The fourth-order valence-electron chi connectivity index (χ4n) is 7.52. The monoisotopic (exact) mass is 602 g/mol. The first kappa shape index (κ1) is 30.6. The molecule has 2 amide bonds. The Morgan fingerprint density at radius 3 is 2.23 bits per heavy atom. The van der Waals surface area contributed by atoms with E-state index in [2.05, 4.69) is 41.1 Å². The summed E-state index contributed by atoms with van der Waals surface area (Å²) in [5, 5.41) is 3.48. The number of benzene rings is 2. The average Bonchev–Trinajstić information content (AvgIpc) is 3.26. The molecule has 10 heteroatoms. The second-order valence-electron chi connectivity index (χ2n) is 13.0. The summed E-state index contributed by atoms with van der Waals surface area (Å²) in [5.74, 6) is 0.950. The first-order chi connectivity index (χ1) is 21.2. The molecule has 0 saturated carbocycles. The maximum Gasteiger partial charge on any atom is 0.329 e. The summed E-state index contributed by atoms with van der Waals surface area (Å²) >= 11 is 0. The second kappa shape index (κ2) is 12.9. The van der Waals surface area contributed by atoms with Crippen LogP contribution in [-0.2, 0) is 29.7 Å². The lowest BCUT2D eigenvalue weighted by Gasteiger charge is -2.46. The number of fused-ring (bicyclic) bond motifs is 1. The number of amides is 2. The van der Waals surface area contributed by atoms with Gasteiger partial charge in [-0.2, -0.15) is 0 Å². The maximum atomic E-state index is 13.7. The average molecular weight is 603 g/mol. The molecule has 0 bridgehead atoms. The molecule has 10 nitrogen and oxygen atoms in total. The number of piperazine rings is 1. The molecular formula is C34H46N6O4. The molecule has 3 saturated heterocycles. The highest BCUT2D eigenvalue weighted by Crippen LogP contribution is 2.29. The summed E-state index contributed by atoms with van der Waals surface area (Å²) in [4.78, 5) is 46.6. The van der Waals surface area contributed by atoms with Crippen molar-refractivity contribution in [3.63, 3.8) is 0 Å². The predicted molar refractivity (Wildman–Crippen MR) is 171 cm³/mol. The molecule has 3 fully saturated rings. The molecule has 1 aromatic heterocycles. The van der Waals surface area contributed by atoms with E-state index in [9.17, 15) is 14.4 Å². The number of carbonyl (C=O) groups is 2. The van der Waals surface area contributed by atoms with Crippen LogP contribution >= 0.6 is 0 Å². The minimum absolute atomic E-state index is 0.170. The van der Waals surface area contributed by atoms with Gasteiger partial charge in [0.05, 0.1) is 24.7 Å². The fraction of sp³-hybridized carbons (Fsp3) is 0.559. The smallest absolute Gasteiger partial charge is 0.329 e. The molecule has 3 atom stereocenters. The number of nitrogens with zero attached hydrogens (tertiary/aromatic N) is 5. The van der Waals surface area contributed by atoms with Crippen LogP contribution in [0.1, 0.15) is 56.7 Å². The zero-order valence-electron chi connectivity index (χ0n) is 26.5. The molecule has 3 aromatic rings. The quantitative estimate of drug-likeness (QED) is 0.396. The van der Waals surface area contributed by atoms with Crippen LogP contribution in [0.2, 0.25) is 0 Å². The van der Waals surface area contributed by atoms with Crippen LogP contribution in [0.15, 0.2) is 47.3 Å². The van der Waals surface area contributed by atoms with Crippen LogP contribution < -0.4 is 15.7 Å². The summed E-state index contributed by atoms with van der Waals surface area (Å²) in [6.07, 6.45) is 3.06. The largest absolute Gasteiger partial charge is 0.497 e. The van der Waals surface area contributed by atoms with Gasteiger partial charge >= 0.3 is 5.69 Å². The molecule has 44 heavy (non-hydrogen) atoms. The summed E-state index contributed by atoms with van der Waals surface area (Å²) in [6.45, 7) is 11.2. The maximum absolute atomic E-state index is 13.7. The van der Waals surface area contributed by atoms with Crippen molar-refractivity contribution in [3.05, 3.63) is 64.1 Å². The Bertz CT molecular complexity index is 1540. The van der Waals surface area contributed by atoms with Crippen molar-refractivity contribution in [2.75, 3.05) is 39.8 Å². The van der Waals surface area contributed by atoms with Gasteiger partial charge in [0.1, 0.15) is 11.8 Å². The molecule has 0 aliphatic carbocycles. The molecule has 3 aliphatic rings. The highest BCUT2D eigenvalue weighted by molar-refractivity contribution is 6.00. The van der Waals surface area contributed by atoms with E-state index in [1.807, 2.05) is 30.3 Å². The van der Waals surface area contributed by atoms with Crippen molar-refractivity contribution in [2.24, 2.45) is 13.0 Å². The second-order valence-corrected chi connectivity index (χ2v) is 13.0. The molecule has 3 aliphatic heterocycles. The lowest BCUT2D eigenvalue weighted by Crippen LogP contribution is -2.57. The van der Waals surface area contributed by atoms with E-state index >= 15 is 0 Å². The third-order valence-electron chi connectivity index (χ3n) is 9.96. The molecule has 1 unspecified atom stereocenters. The van der Waals surface area contributed by atoms with E-state index in [0.717, 1.165) is 60.8 Å². The number of imide groups is 1. The Balaban J connectivity index is 1.17. The number of carbonyl (C=O) groups excluding carboxylic acids is 2. The Hall–Kier alpha value is -3.47. The van der Waals surface area contributed by atoms with E-state index in [1.165, 1.54) is 24.3 Å². The lowest BCUT2D eigenvalue weighted by atomic mass is 9.95. The molecule has 4 heterocycles. The number of imidazole rings is 1. The Labute approximate surface area is 259 Å². The first-order valence-corrected chi connectivity index (χ1v) is 16.1. The van der Waals surface area contributed by atoms with Gasteiger partial charge in [-0.05, 0) is 87.5 Å². The third-order valence-corrected chi connectivity index (χ3v) is 9.96. The van der Waals surface area contributed by atoms with Gasteiger partial charge in [-0.15, -0.1) is 0 Å². The number of ether oxygens (including phenoxy) is 1. The van der Waals surface area contributed by atoms with Crippen molar-refractivity contribution >= 4 is 22.8 Å². The topological polar surface area (TPSA) is 92.1 Å². The van der Waals surface area contributed by atoms with Gasteiger partial charge in [0.15, 0.2) is 0 Å². The highest BCUT2D eigenvalue weighted by atomic mass is 16.5. The van der Waals surface area contributed by atoms with E-state index in [4.69, 9.17) is 4.74 Å². The summed E-state index contributed by atoms with van der Waals surface area (Å²) in [6, 6.07) is 13.7. The number of aryl methyl sites for hydroxylation is 1. The Morgan fingerprint density at radius 1 is 0.864 bits per heavy atom. The minimum atomic E-state index is -0.720. The number of hydrogen-bond acceptors (Lipinski definition) is 7. The molecule has 236 valence electrons. The number of likely N-dealkylation sites (tertiary alicyclic amines) is 1. The molecule has 2 aromatic carbocycles. The zero-order valence-corrected chi connectivity index (χ0v) is 26.5. The first-order valence-electron chi connectivity index (χ1n) is 16.1. The van der Waals surface area contributed by atoms with Gasteiger partial charge in [0.25, 0.3) is 5.91 Å². The van der Waals surface area contributed by atoms with Gasteiger partial charge in [-0.3, -0.25) is 33.4 Å². The summed E-state index contributed by atoms with van der Waals surface area (Å²) in [5.41, 5.74) is 3.29. The van der Waals surface area contributed by atoms with Gasteiger partial charge in [-0.1, -0.05) is 18.2 Å².